The summed E-state index contributed by atoms with van der Waals surface area (Å²) in [5.74, 6) is 1.54. The Morgan fingerprint density at radius 1 is 1.16 bits per heavy atom. The number of nitrogens with one attached hydrogen (secondary N) is 1. The van der Waals surface area contributed by atoms with Crippen LogP contribution in [0.4, 0.5) is 5.82 Å². The molecular formula is C14H17N3O2. The van der Waals surface area contributed by atoms with E-state index in [1.165, 1.54) is 6.33 Å². The number of rotatable bonds is 5. The Morgan fingerprint density at radius 3 is 2.53 bits per heavy atom. The summed E-state index contributed by atoms with van der Waals surface area (Å²) in [6, 6.07) is 9.95. The van der Waals surface area contributed by atoms with E-state index in [1.54, 1.807) is 14.2 Å². The number of hydrogen-bond acceptors (Lipinski definition) is 5. The number of hydrogen-bond donors (Lipinski definition) is 1. The number of methoxy groups -OCH3 is 1. The lowest BCUT2D eigenvalue weighted by Gasteiger charge is -2.17. The predicted molar refractivity (Wildman–Crippen MR) is 73.6 cm³/mol. The first-order valence-electron chi connectivity index (χ1n) is 6.04. The third kappa shape index (κ3) is 2.93. The highest BCUT2D eigenvalue weighted by molar-refractivity contribution is 5.54. The van der Waals surface area contributed by atoms with Gasteiger partial charge in [0.1, 0.15) is 12.4 Å². The molecule has 1 atom stereocenters. The largest absolute Gasteiger partial charge is 0.489 e. The lowest BCUT2D eigenvalue weighted by atomic mass is 10.1. The summed E-state index contributed by atoms with van der Waals surface area (Å²) >= 11 is 0. The van der Waals surface area contributed by atoms with Gasteiger partial charge in [-0.3, -0.25) is 0 Å². The van der Waals surface area contributed by atoms with Crippen LogP contribution in [-0.4, -0.2) is 24.1 Å². The number of benzene rings is 1. The maximum Gasteiger partial charge on any atom is 0.263 e. The molecule has 19 heavy (non-hydrogen) atoms. The van der Waals surface area contributed by atoms with Crippen molar-refractivity contribution >= 4 is 5.82 Å². The minimum Gasteiger partial charge on any atom is -0.489 e. The van der Waals surface area contributed by atoms with E-state index in [0.29, 0.717) is 17.4 Å². The Hall–Kier alpha value is -2.30. The first-order valence-corrected chi connectivity index (χ1v) is 6.04. The van der Waals surface area contributed by atoms with Crippen molar-refractivity contribution in [2.45, 2.75) is 13.0 Å². The Kier molecular flexibility index (Phi) is 4.18. The average Bonchev–Trinajstić information content (AvgIpc) is 2.47. The summed E-state index contributed by atoms with van der Waals surface area (Å²) in [5, 5.41) is 2.94. The zero-order valence-electron chi connectivity index (χ0n) is 11.3. The molecule has 0 aliphatic heterocycles. The zero-order valence-corrected chi connectivity index (χ0v) is 11.3. The smallest absolute Gasteiger partial charge is 0.263 e. The minimum atomic E-state index is -0.116. The van der Waals surface area contributed by atoms with Gasteiger partial charge in [0.25, 0.3) is 5.88 Å². The lowest BCUT2D eigenvalue weighted by molar-refractivity contribution is 0.206. The van der Waals surface area contributed by atoms with Gasteiger partial charge >= 0.3 is 0 Å². The van der Waals surface area contributed by atoms with Crippen LogP contribution in [0.15, 0.2) is 36.7 Å². The van der Waals surface area contributed by atoms with E-state index in [0.717, 1.165) is 5.56 Å². The van der Waals surface area contributed by atoms with E-state index in [4.69, 9.17) is 9.47 Å². The normalized spacial score (nSPS) is 11.7. The molecule has 0 saturated carbocycles. The van der Waals surface area contributed by atoms with Gasteiger partial charge in [0, 0.05) is 7.05 Å². The molecule has 0 spiro atoms. The van der Waals surface area contributed by atoms with Crippen molar-refractivity contribution in [3.63, 3.8) is 0 Å². The SMILES string of the molecule is CNc1ncnc(OC(C)c2ccccc2)c1OC. The van der Waals surface area contributed by atoms with Gasteiger partial charge in [0.2, 0.25) is 5.75 Å². The van der Waals surface area contributed by atoms with Crippen molar-refractivity contribution < 1.29 is 9.47 Å². The molecule has 0 aliphatic rings. The van der Waals surface area contributed by atoms with E-state index in [1.807, 2.05) is 37.3 Å². The second-order valence-electron chi connectivity index (χ2n) is 3.98. The molecular weight excluding hydrogens is 242 g/mol. The van der Waals surface area contributed by atoms with E-state index >= 15 is 0 Å². The molecule has 1 heterocycles. The summed E-state index contributed by atoms with van der Waals surface area (Å²) in [6.07, 6.45) is 1.33. The predicted octanol–water partition coefficient (Wildman–Crippen LogP) is 2.67. The van der Waals surface area contributed by atoms with Crippen LogP contribution in [0.2, 0.25) is 0 Å². The molecule has 0 radical (unpaired) electrons. The van der Waals surface area contributed by atoms with Crippen LogP contribution >= 0.6 is 0 Å². The van der Waals surface area contributed by atoms with Crippen LogP contribution in [-0.2, 0) is 0 Å². The van der Waals surface area contributed by atoms with Gasteiger partial charge in [-0.15, -0.1) is 0 Å². The monoisotopic (exact) mass is 259 g/mol. The molecule has 0 fully saturated rings. The van der Waals surface area contributed by atoms with Crippen LogP contribution in [0.5, 0.6) is 11.6 Å². The second-order valence-corrected chi connectivity index (χ2v) is 3.98. The van der Waals surface area contributed by atoms with Gasteiger partial charge in [-0.05, 0) is 12.5 Å². The highest BCUT2D eigenvalue weighted by atomic mass is 16.5. The molecule has 0 saturated heterocycles. The average molecular weight is 259 g/mol. The molecule has 2 aromatic rings. The van der Waals surface area contributed by atoms with Crippen LogP contribution < -0.4 is 14.8 Å². The van der Waals surface area contributed by atoms with Crippen molar-refractivity contribution in [2.24, 2.45) is 0 Å². The van der Waals surface area contributed by atoms with Crippen molar-refractivity contribution in [1.82, 2.24) is 9.97 Å². The highest BCUT2D eigenvalue weighted by Crippen LogP contribution is 2.33. The van der Waals surface area contributed by atoms with E-state index in [9.17, 15) is 0 Å². The van der Waals surface area contributed by atoms with Crippen LogP contribution in [0.1, 0.15) is 18.6 Å². The molecule has 2 rings (SSSR count). The van der Waals surface area contributed by atoms with Crippen molar-refractivity contribution in [1.29, 1.82) is 0 Å². The molecule has 1 aromatic heterocycles. The molecule has 5 heteroatoms. The van der Waals surface area contributed by atoms with E-state index in [2.05, 4.69) is 15.3 Å². The van der Waals surface area contributed by atoms with Crippen LogP contribution in [0.25, 0.3) is 0 Å². The highest BCUT2D eigenvalue weighted by Gasteiger charge is 2.15. The van der Waals surface area contributed by atoms with E-state index in [-0.39, 0.29) is 6.10 Å². The quantitative estimate of drug-likeness (QED) is 0.894. The fourth-order valence-electron chi connectivity index (χ4n) is 1.76. The Morgan fingerprint density at radius 2 is 1.89 bits per heavy atom. The molecule has 0 bridgehead atoms. The van der Waals surface area contributed by atoms with Gasteiger partial charge in [-0.25, -0.2) is 4.98 Å². The number of anilines is 1. The minimum absolute atomic E-state index is 0.116. The summed E-state index contributed by atoms with van der Waals surface area (Å²) in [6.45, 7) is 1.97. The number of aromatic nitrogens is 2. The fourth-order valence-corrected chi connectivity index (χ4v) is 1.76. The van der Waals surface area contributed by atoms with Crippen LogP contribution in [0, 0.1) is 0 Å². The molecule has 100 valence electrons. The molecule has 1 N–H and O–H groups in total. The molecule has 1 aromatic carbocycles. The Bertz CT molecular complexity index is 531. The molecule has 1 unspecified atom stereocenters. The third-order valence-electron chi connectivity index (χ3n) is 2.77. The molecule has 0 amide bonds. The topological polar surface area (TPSA) is 56.3 Å². The van der Waals surface area contributed by atoms with E-state index < -0.39 is 0 Å². The summed E-state index contributed by atoms with van der Waals surface area (Å²) < 4.78 is 11.1. The number of ether oxygens (including phenoxy) is 2. The number of nitrogens with zero attached hydrogens (tertiary/aromatic N) is 2. The second kappa shape index (κ2) is 6.04. The molecule has 5 nitrogen and oxygen atoms in total. The summed E-state index contributed by atoms with van der Waals surface area (Å²) in [7, 11) is 3.34. The Balaban J connectivity index is 2.24. The molecule has 0 aliphatic carbocycles. The van der Waals surface area contributed by atoms with Crippen molar-refractivity contribution in [2.75, 3.05) is 19.5 Å². The first kappa shape index (κ1) is 13.1. The maximum atomic E-state index is 5.85. The van der Waals surface area contributed by atoms with Crippen molar-refractivity contribution in [3.8, 4) is 11.6 Å². The fraction of sp³-hybridized carbons (Fsp3) is 0.286. The van der Waals surface area contributed by atoms with Crippen molar-refractivity contribution in [3.05, 3.63) is 42.2 Å². The summed E-state index contributed by atoms with van der Waals surface area (Å²) in [5.41, 5.74) is 1.08. The van der Waals surface area contributed by atoms with Gasteiger partial charge in [-0.2, -0.15) is 4.98 Å². The zero-order chi connectivity index (χ0) is 13.7. The van der Waals surface area contributed by atoms with Gasteiger partial charge in [0.15, 0.2) is 5.82 Å². The lowest BCUT2D eigenvalue weighted by Crippen LogP contribution is -2.07. The third-order valence-corrected chi connectivity index (χ3v) is 2.77. The first-order chi connectivity index (χ1) is 9.26. The van der Waals surface area contributed by atoms with Crippen LogP contribution in [0.3, 0.4) is 0 Å². The maximum absolute atomic E-state index is 5.85. The standard InChI is InChI=1S/C14H17N3O2/c1-10(11-7-5-4-6-8-11)19-14-12(18-3)13(15-2)16-9-17-14/h4-10H,1-3H3,(H,15,16,17). The summed E-state index contributed by atoms with van der Waals surface area (Å²) in [4.78, 5) is 8.21. The van der Waals surface area contributed by atoms with Gasteiger partial charge < -0.3 is 14.8 Å². The van der Waals surface area contributed by atoms with Gasteiger partial charge in [-0.1, -0.05) is 30.3 Å². The Labute approximate surface area is 112 Å². The van der Waals surface area contributed by atoms with Gasteiger partial charge in [0.05, 0.1) is 7.11 Å².